The minimum Gasteiger partial charge on any atom is -0.447 e. The molecule has 0 bridgehead atoms. The third kappa shape index (κ3) is 4.04. The highest BCUT2D eigenvalue weighted by Crippen LogP contribution is 1.93. The maximum Gasteiger partial charge on any atom is 0.234 e. The minimum atomic E-state index is -0.0143. The van der Waals surface area contributed by atoms with Crippen LogP contribution in [0.5, 0.6) is 0 Å². The number of aromatic nitrogens is 1. The smallest absolute Gasteiger partial charge is 0.234 e. The summed E-state index contributed by atoms with van der Waals surface area (Å²) in [5.41, 5.74) is 0. The second-order valence-corrected chi connectivity index (χ2v) is 3.29. The van der Waals surface area contributed by atoms with Crippen LogP contribution in [-0.2, 0) is 11.3 Å². The van der Waals surface area contributed by atoms with Gasteiger partial charge in [0.1, 0.15) is 5.76 Å². The number of hydrogen-bond donors (Lipinski definition) is 2. The molecular weight excluding hydrogens is 182 g/mol. The molecule has 78 valence electrons. The Kier molecular flexibility index (Phi) is 4.12. The molecule has 0 radical (unpaired) electrons. The standard InChI is InChI=1S/C9H15N3O2/c1-7(2)12-9(13)5-10-3-8-4-11-6-14-8/h4,6-7,10H,3,5H2,1-2H3,(H,12,13). The maximum absolute atomic E-state index is 11.2. The molecule has 0 aliphatic carbocycles. The fraction of sp³-hybridized carbons (Fsp3) is 0.556. The van der Waals surface area contributed by atoms with Crippen molar-refractivity contribution in [2.75, 3.05) is 6.54 Å². The van der Waals surface area contributed by atoms with E-state index in [0.717, 1.165) is 5.76 Å². The van der Waals surface area contributed by atoms with Crippen molar-refractivity contribution in [2.45, 2.75) is 26.4 Å². The summed E-state index contributed by atoms with van der Waals surface area (Å²) in [7, 11) is 0. The molecule has 1 heterocycles. The van der Waals surface area contributed by atoms with E-state index in [2.05, 4.69) is 15.6 Å². The Labute approximate surface area is 82.9 Å². The van der Waals surface area contributed by atoms with E-state index in [9.17, 15) is 4.79 Å². The summed E-state index contributed by atoms with van der Waals surface area (Å²) in [6, 6.07) is 0.176. The van der Waals surface area contributed by atoms with Crippen LogP contribution in [0.2, 0.25) is 0 Å². The summed E-state index contributed by atoms with van der Waals surface area (Å²) in [6.07, 6.45) is 2.98. The van der Waals surface area contributed by atoms with Gasteiger partial charge in [0.15, 0.2) is 6.39 Å². The first-order valence-corrected chi connectivity index (χ1v) is 4.56. The number of nitrogens with one attached hydrogen (secondary N) is 2. The highest BCUT2D eigenvalue weighted by molar-refractivity contribution is 5.78. The van der Waals surface area contributed by atoms with Gasteiger partial charge in [-0.25, -0.2) is 4.98 Å². The molecule has 1 rings (SSSR count). The van der Waals surface area contributed by atoms with Gasteiger partial charge in [0.05, 0.1) is 19.3 Å². The van der Waals surface area contributed by atoms with Crippen molar-refractivity contribution < 1.29 is 9.21 Å². The lowest BCUT2D eigenvalue weighted by atomic mass is 10.4. The highest BCUT2D eigenvalue weighted by Gasteiger charge is 2.02. The van der Waals surface area contributed by atoms with E-state index in [1.165, 1.54) is 6.39 Å². The largest absolute Gasteiger partial charge is 0.447 e. The van der Waals surface area contributed by atoms with Crippen molar-refractivity contribution in [2.24, 2.45) is 0 Å². The number of rotatable bonds is 5. The molecule has 0 unspecified atom stereocenters. The lowest BCUT2D eigenvalue weighted by molar-refractivity contribution is -0.120. The molecule has 1 amide bonds. The van der Waals surface area contributed by atoms with E-state index in [1.807, 2.05) is 13.8 Å². The number of amides is 1. The maximum atomic E-state index is 11.2. The monoisotopic (exact) mass is 197 g/mol. The van der Waals surface area contributed by atoms with Crippen LogP contribution < -0.4 is 10.6 Å². The van der Waals surface area contributed by atoms with E-state index in [0.29, 0.717) is 13.1 Å². The van der Waals surface area contributed by atoms with Crippen molar-refractivity contribution in [1.29, 1.82) is 0 Å². The summed E-state index contributed by atoms with van der Waals surface area (Å²) in [5.74, 6) is 0.710. The van der Waals surface area contributed by atoms with E-state index in [4.69, 9.17) is 4.42 Å². The Morgan fingerprint density at radius 2 is 2.43 bits per heavy atom. The number of nitrogens with zero attached hydrogens (tertiary/aromatic N) is 1. The van der Waals surface area contributed by atoms with E-state index >= 15 is 0 Å². The molecule has 0 spiro atoms. The molecule has 0 fully saturated rings. The molecule has 1 aromatic heterocycles. The third-order valence-corrected chi connectivity index (χ3v) is 1.52. The molecule has 0 atom stereocenters. The first-order chi connectivity index (χ1) is 6.68. The van der Waals surface area contributed by atoms with Gasteiger partial charge >= 0.3 is 0 Å². The van der Waals surface area contributed by atoms with Gasteiger partial charge in [0.25, 0.3) is 0 Å². The number of hydrogen-bond acceptors (Lipinski definition) is 4. The topological polar surface area (TPSA) is 67.2 Å². The van der Waals surface area contributed by atoms with Gasteiger partial charge in [-0.2, -0.15) is 0 Å². The highest BCUT2D eigenvalue weighted by atomic mass is 16.3. The molecule has 0 saturated carbocycles. The summed E-state index contributed by atoms with van der Waals surface area (Å²) < 4.78 is 4.99. The zero-order valence-electron chi connectivity index (χ0n) is 8.41. The number of carbonyl (C=O) groups excluding carboxylic acids is 1. The van der Waals surface area contributed by atoms with E-state index < -0.39 is 0 Å². The Morgan fingerprint density at radius 3 is 3.00 bits per heavy atom. The van der Waals surface area contributed by atoms with Crippen LogP contribution in [-0.4, -0.2) is 23.5 Å². The molecule has 0 aliphatic rings. The minimum absolute atomic E-state index is 0.0143. The van der Waals surface area contributed by atoms with Crippen LogP contribution in [0.3, 0.4) is 0 Å². The van der Waals surface area contributed by atoms with Crippen LogP contribution in [0.4, 0.5) is 0 Å². The zero-order valence-corrected chi connectivity index (χ0v) is 8.41. The van der Waals surface area contributed by atoms with Crippen molar-refractivity contribution in [3.63, 3.8) is 0 Å². The first kappa shape index (κ1) is 10.7. The second kappa shape index (κ2) is 5.39. The van der Waals surface area contributed by atoms with Gasteiger partial charge in [-0.15, -0.1) is 0 Å². The van der Waals surface area contributed by atoms with Gasteiger partial charge in [0, 0.05) is 6.04 Å². The molecule has 2 N–H and O–H groups in total. The average molecular weight is 197 g/mol. The van der Waals surface area contributed by atoms with E-state index in [1.54, 1.807) is 6.20 Å². The average Bonchev–Trinajstić information content (AvgIpc) is 2.55. The lowest BCUT2D eigenvalue weighted by Crippen LogP contribution is -2.37. The molecule has 0 aliphatic heterocycles. The van der Waals surface area contributed by atoms with Gasteiger partial charge in [-0.05, 0) is 13.8 Å². The molecule has 1 aromatic rings. The second-order valence-electron chi connectivity index (χ2n) is 3.29. The lowest BCUT2D eigenvalue weighted by Gasteiger charge is -2.08. The van der Waals surface area contributed by atoms with Crippen molar-refractivity contribution in [1.82, 2.24) is 15.6 Å². The number of oxazole rings is 1. The zero-order chi connectivity index (χ0) is 10.4. The van der Waals surface area contributed by atoms with Crippen molar-refractivity contribution >= 4 is 5.91 Å². The molecule has 5 heteroatoms. The van der Waals surface area contributed by atoms with Crippen molar-refractivity contribution in [3.05, 3.63) is 18.4 Å². The van der Waals surface area contributed by atoms with Crippen molar-refractivity contribution in [3.8, 4) is 0 Å². The molecular formula is C9H15N3O2. The van der Waals surface area contributed by atoms with Crippen LogP contribution in [0.1, 0.15) is 19.6 Å². The quantitative estimate of drug-likeness (QED) is 0.712. The molecule has 0 saturated heterocycles. The summed E-state index contributed by atoms with van der Waals surface area (Å²) in [5, 5.41) is 5.72. The van der Waals surface area contributed by atoms with Gasteiger partial charge in [0.2, 0.25) is 5.91 Å². The first-order valence-electron chi connectivity index (χ1n) is 4.56. The molecule has 5 nitrogen and oxygen atoms in total. The Bertz CT molecular complexity index is 270. The Balaban J connectivity index is 2.12. The Hall–Kier alpha value is -1.36. The fourth-order valence-electron chi connectivity index (χ4n) is 1.00. The summed E-state index contributed by atoms with van der Waals surface area (Å²) >= 11 is 0. The van der Waals surface area contributed by atoms with Gasteiger partial charge in [-0.1, -0.05) is 0 Å². The van der Waals surface area contributed by atoms with Crippen LogP contribution >= 0.6 is 0 Å². The fourth-order valence-corrected chi connectivity index (χ4v) is 1.00. The SMILES string of the molecule is CC(C)NC(=O)CNCc1cnco1. The molecule has 0 aromatic carbocycles. The number of carbonyl (C=O) groups is 1. The molecule has 14 heavy (non-hydrogen) atoms. The summed E-state index contributed by atoms with van der Waals surface area (Å²) in [6.45, 7) is 4.66. The summed E-state index contributed by atoms with van der Waals surface area (Å²) in [4.78, 5) is 14.9. The third-order valence-electron chi connectivity index (χ3n) is 1.52. The predicted molar refractivity (Wildman–Crippen MR) is 51.5 cm³/mol. The normalized spacial score (nSPS) is 10.5. The van der Waals surface area contributed by atoms with Crippen LogP contribution in [0.15, 0.2) is 17.0 Å². The Morgan fingerprint density at radius 1 is 1.64 bits per heavy atom. The predicted octanol–water partition coefficient (Wildman–Crippen LogP) is 0.289. The van der Waals surface area contributed by atoms with Crippen LogP contribution in [0.25, 0.3) is 0 Å². The van der Waals surface area contributed by atoms with E-state index in [-0.39, 0.29) is 11.9 Å². The van der Waals surface area contributed by atoms with Gasteiger partial charge in [-0.3, -0.25) is 4.79 Å². The van der Waals surface area contributed by atoms with Gasteiger partial charge < -0.3 is 15.1 Å². The van der Waals surface area contributed by atoms with Crippen LogP contribution in [0, 0.1) is 0 Å².